The monoisotopic (exact) mass is 690 g/mol. The second kappa shape index (κ2) is 39.6. The molecule has 1 unspecified atom stereocenters. The quantitative estimate of drug-likeness (QED) is 0.0488. The average Bonchev–Trinajstić information content (AvgIpc) is 3.64. The van der Waals surface area contributed by atoms with E-state index in [-0.39, 0.29) is 6.10 Å². The lowest BCUT2D eigenvalue weighted by Gasteiger charge is -2.24. The highest BCUT2D eigenvalue weighted by atomic mass is 16.5. The molecule has 1 heterocycles. The van der Waals surface area contributed by atoms with E-state index in [2.05, 4.69) is 116 Å². The Morgan fingerprint density at radius 1 is 0.440 bits per heavy atom. The van der Waals surface area contributed by atoms with Gasteiger partial charge >= 0.3 is 0 Å². The molecule has 1 atom stereocenters. The number of nitrogens with zero attached hydrogens (tertiary/aromatic N) is 1. The maximum Gasteiger partial charge on any atom is 0.0934 e. The van der Waals surface area contributed by atoms with Gasteiger partial charge in [-0.2, -0.15) is 0 Å². The third-order valence-electron chi connectivity index (χ3n) is 8.91. The third kappa shape index (κ3) is 34.3. The Balaban J connectivity index is 2.05. The van der Waals surface area contributed by atoms with E-state index in [1.165, 1.54) is 90.1 Å². The van der Waals surface area contributed by atoms with Crippen molar-refractivity contribution in [1.29, 1.82) is 0 Å². The van der Waals surface area contributed by atoms with Crippen LogP contribution in [0.4, 0.5) is 0 Å². The number of rotatable bonds is 35. The van der Waals surface area contributed by atoms with Gasteiger partial charge in [-0.1, -0.05) is 137 Å². The number of hydrogen-bond donors (Lipinski definition) is 0. The normalized spacial score (nSPS) is 15.6. The summed E-state index contributed by atoms with van der Waals surface area (Å²) in [7, 11) is 0. The van der Waals surface area contributed by atoms with Crippen LogP contribution in [-0.2, 0) is 9.47 Å². The van der Waals surface area contributed by atoms with Gasteiger partial charge in [0.15, 0.2) is 0 Å². The van der Waals surface area contributed by atoms with Gasteiger partial charge < -0.3 is 14.4 Å². The van der Waals surface area contributed by atoms with Crippen LogP contribution in [0.15, 0.2) is 97.2 Å². The Hall–Kier alpha value is -2.20. The van der Waals surface area contributed by atoms with E-state index >= 15 is 0 Å². The maximum atomic E-state index is 6.34. The Labute approximate surface area is 311 Å². The molecule has 284 valence electrons. The first-order chi connectivity index (χ1) is 24.9. The Kier molecular flexibility index (Phi) is 36.3. The summed E-state index contributed by atoms with van der Waals surface area (Å²) >= 11 is 0. The van der Waals surface area contributed by atoms with Crippen LogP contribution in [0.5, 0.6) is 0 Å². The van der Waals surface area contributed by atoms with Crippen LogP contribution >= 0.6 is 0 Å². The lowest BCUT2D eigenvalue weighted by molar-refractivity contribution is -0.0314. The molecule has 1 rings (SSSR count). The van der Waals surface area contributed by atoms with Gasteiger partial charge in [-0.05, 0) is 129 Å². The predicted octanol–water partition coefficient (Wildman–Crippen LogP) is 13.8. The summed E-state index contributed by atoms with van der Waals surface area (Å²) in [6, 6.07) is 0. The van der Waals surface area contributed by atoms with Crippen molar-refractivity contribution in [3.05, 3.63) is 97.2 Å². The van der Waals surface area contributed by atoms with Crippen LogP contribution in [0.2, 0.25) is 0 Å². The molecule has 3 heteroatoms. The van der Waals surface area contributed by atoms with Gasteiger partial charge in [0, 0.05) is 19.8 Å². The van der Waals surface area contributed by atoms with Crippen molar-refractivity contribution in [3.63, 3.8) is 0 Å². The van der Waals surface area contributed by atoms with E-state index in [1.807, 2.05) is 0 Å². The lowest BCUT2D eigenvalue weighted by atomic mass is 10.2. The molecule has 0 aromatic carbocycles. The second-order valence-corrected chi connectivity index (χ2v) is 13.7. The van der Waals surface area contributed by atoms with E-state index in [9.17, 15) is 0 Å². The van der Waals surface area contributed by atoms with Crippen LogP contribution < -0.4 is 0 Å². The molecule has 1 aliphatic rings. The Bertz CT molecular complexity index is 931. The van der Waals surface area contributed by atoms with E-state index in [1.54, 1.807) is 0 Å². The van der Waals surface area contributed by atoms with Crippen molar-refractivity contribution < 1.29 is 9.47 Å². The largest absolute Gasteiger partial charge is 0.379 e. The van der Waals surface area contributed by atoms with Crippen LogP contribution in [0, 0.1) is 0 Å². The third-order valence-corrected chi connectivity index (χ3v) is 8.91. The summed E-state index contributed by atoms with van der Waals surface area (Å²) in [5, 5.41) is 0. The fraction of sp³-hybridized carbons (Fsp3) is 0.660. The SMILES string of the molecule is CCCCCC=CCC=CC/C=C\C/C=C\CCCCOCC(CN1CCCC1)OCCCC/C=C\C/C=C\CC=CCC=CCCCCC. The van der Waals surface area contributed by atoms with Crippen LogP contribution in [0.25, 0.3) is 0 Å². The van der Waals surface area contributed by atoms with Gasteiger partial charge in [-0.3, -0.25) is 0 Å². The zero-order valence-electron chi connectivity index (χ0n) is 32.9. The standard InChI is InChI=1S/C47H79NO2/c1-3-5-7-9-11-13-15-17-19-21-23-25-27-29-31-33-35-39-43-49-46-47(45-48-41-37-38-42-48)50-44-40-36-34-32-30-28-26-24-22-20-18-16-14-12-10-8-6-4-2/h11-14,17-20,23-26,29-32,47H,3-10,15-16,21-22,27-28,33-46H2,1-2H3/b13-11?,14-12?,19-17?,20-18?,25-23-,26-24-,31-29-,32-30-. The zero-order valence-corrected chi connectivity index (χ0v) is 32.9. The van der Waals surface area contributed by atoms with Crippen molar-refractivity contribution >= 4 is 0 Å². The lowest BCUT2D eigenvalue weighted by Crippen LogP contribution is -2.35. The zero-order chi connectivity index (χ0) is 35.7. The fourth-order valence-electron chi connectivity index (χ4n) is 5.82. The molecule has 0 radical (unpaired) electrons. The molecular formula is C47H79NO2. The first-order valence-electron chi connectivity index (χ1n) is 21.0. The number of likely N-dealkylation sites (tertiary alicyclic amines) is 1. The molecule has 0 aliphatic carbocycles. The summed E-state index contributed by atoms with van der Waals surface area (Å²) in [5.74, 6) is 0. The molecule has 1 aliphatic heterocycles. The van der Waals surface area contributed by atoms with Crippen LogP contribution in [0.1, 0.15) is 155 Å². The summed E-state index contributed by atoms with van der Waals surface area (Å²) in [6.45, 7) is 10.3. The molecule has 0 amide bonds. The van der Waals surface area contributed by atoms with Crippen molar-refractivity contribution in [2.45, 2.75) is 161 Å². The minimum absolute atomic E-state index is 0.193. The molecule has 0 spiro atoms. The number of unbranched alkanes of at least 4 members (excludes halogenated alkanes) is 10. The molecule has 0 bridgehead atoms. The second-order valence-electron chi connectivity index (χ2n) is 13.7. The highest BCUT2D eigenvalue weighted by Gasteiger charge is 2.18. The first-order valence-corrected chi connectivity index (χ1v) is 21.0. The molecule has 0 saturated carbocycles. The fourth-order valence-corrected chi connectivity index (χ4v) is 5.82. The Morgan fingerprint density at radius 2 is 0.800 bits per heavy atom. The van der Waals surface area contributed by atoms with Gasteiger partial charge in [0.2, 0.25) is 0 Å². The van der Waals surface area contributed by atoms with E-state index < -0.39 is 0 Å². The van der Waals surface area contributed by atoms with Crippen molar-refractivity contribution in [2.75, 3.05) is 39.5 Å². The molecule has 0 aromatic rings. The van der Waals surface area contributed by atoms with Crippen molar-refractivity contribution in [3.8, 4) is 0 Å². The van der Waals surface area contributed by atoms with Crippen LogP contribution in [0.3, 0.4) is 0 Å². The van der Waals surface area contributed by atoms with Gasteiger partial charge in [-0.15, -0.1) is 0 Å². The van der Waals surface area contributed by atoms with Crippen LogP contribution in [-0.4, -0.2) is 50.5 Å². The molecule has 50 heavy (non-hydrogen) atoms. The molecular weight excluding hydrogens is 611 g/mol. The topological polar surface area (TPSA) is 21.7 Å². The number of ether oxygens (including phenoxy) is 2. The predicted molar refractivity (Wildman–Crippen MR) is 223 cm³/mol. The van der Waals surface area contributed by atoms with E-state index in [0.29, 0.717) is 0 Å². The first kappa shape index (κ1) is 45.8. The summed E-state index contributed by atoms with van der Waals surface area (Å²) < 4.78 is 12.4. The minimum atomic E-state index is 0.193. The van der Waals surface area contributed by atoms with Crippen molar-refractivity contribution in [2.24, 2.45) is 0 Å². The van der Waals surface area contributed by atoms with Gasteiger partial charge in [0.05, 0.1) is 12.7 Å². The van der Waals surface area contributed by atoms with E-state index in [4.69, 9.17) is 9.47 Å². The molecule has 1 fully saturated rings. The smallest absolute Gasteiger partial charge is 0.0934 e. The summed E-state index contributed by atoms with van der Waals surface area (Å²) in [4.78, 5) is 2.55. The van der Waals surface area contributed by atoms with Crippen molar-refractivity contribution in [1.82, 2.24) is 4.90 Å². The number of allylic oxidation sites excluding steroid dienone is 16. The highest BCUT2D eigenvalue weighted by molar-refractivity contribution is 5.00. The molecule has 0 aromatic heterocycles. The molecule has 0 N–H and O–H groups in total. The summed E-state index contributed by atoms with van der Waals surface area (Å²) in [5.41, 5.74) is 0. The van der Waals surface area contributed by atoms with Gasteiger partial charge in [0.1, 0.15) is 0 Å². The minimum Gasteiger partial charge on any atom is -0.379 e. The number of hydrogen-bond acceptors (Lipinski definition) is 3. The molecule has 1 saturated heterocycles. The van der Waals surface area contributed by atoms with Gasteiger partial charge in [-0.25, -0.2) is 0 Å². The van der Waals surface area contributed by atoms with E-state index in [0.717, 1.165) is 90.6 Å². The van der Waals surface area contributed by atoms with Gasteiger partial charge in [0.25, 0.3) is 0 Å². The highest BCUT2D eigenvalue weighted by Crippen LogP contribution is 2.11. The maximum absolute atomic E-state index is 6.34. The molecule has 3 nitrogen and oxygen atoms in total. The average molecular weight is 690 g/mol. The Morgan fingerprint density at radius 3 is 1.20 bits per heavy atom. The summed E-state index contributed by atoms with van der Waals surface area (Å²) in [6.07, 6.45) is 63.0.